The largest absolute Gasteiger partial charge is 0.459 e. The van der Waals surface area contributed by atoms with E-state index in [0.29, 0.717) is 29.0 Å². The lowest BCUT2D eigenvalue weighted by Gasteiger charge is -2.08. The number of nitrogens with one attached hydrogen (secondary N) is 1. The Balaban J connectivity index is 1.52. The number of aryl methyl sites for hydroxylation is 1. The average Bonchev–Trinajstić information content (AvgIpc) is 3.26. The molecule has 0 spiro atoms. The molecule has 0 amide bonds. The molecule has 4 rings (SSSR count). The molecule has 0 fully saturated rings. The first-order chi connectivity index (χ1) is 13.3. The standard InChI is InChI=1S/C18H13ClF3N5O/c1-27-9-13(18(20,21)22)25-16(27)11-4-2-10(3-5-11)8-23-15-14-12(6-7-28-14)24-17(19)26-15/h2-7,9H,8H2,1H3,(H,23,24,26). The van der Waals surface area contributed by atoms with Crippen LogP contribution in [0.1, 0.15) is 11.3 Å². The fourth-order valence-corrected chi connectivity index (χ4v) is 2.96. The molecule has 1 N–H and O–H groups in total. The van der Waals surface area contributed by atoms with Crippen molar-refractivity contribution in [1.82, 2.24) is 19.5 Å². The quantitative estimate of drug-likeness (QED) is 0.487. The van der Waals surface area contributed by atoms with Gasteiger partial charge < -0.3 is 14.3 Å². The first kappa shape index (κ1) is 18.3. The summed E-state index contributed by atoms with van der Waals surface area (Å²) in [7, 11) is 1.53. The van der Waals surface area contributed by atoms with E-state index < -0.39 is 11.9 Å². The Labute approximate surface area is 162 Å². The summed E-state index contributed by atoms with van der Waals surface area (Å²) in [5.74, 6) is 0.703. The maximum atomic E-state index is 12.8. The molecule has 1 aromatic carbocycles. The fourth-order valence-electron chi connectivity index (χ4n) is 2.78. The second-order valence-corrected chi connectivity index (χ2v) is 6.42. The second kappa shape index (κ2) is 6.83. The summed E-state index contributed by atoms with van der Waals surface area (Å²) in [5.41, 5.74) is 1.64. The predicted molar refractivity (Wildman–Crippen MR) is 97.8 cm³/mol. The minimum atomic E-state index is -4.48. The molecular weight excluding hydrogens is 395 g/mol. The van der Waals surface area contributed by atoms with Crippen molar-refractivity contribution in [3.05, 3.63) is 59.3 Å². The molecule has 0 atom stereocenters. The number of halogens is 4. The molecular formula is C18H13ClF3N5O. The number of nitrogens with zero attached hydrogens (tertiary/aromatic N) is 4. The van der Waals surface area contributed by atoms with Crippen molar-refractivity contribution in [1.29, 1.82) is 0 Å². The minimum Gasteiger partial charge on any atom is -0.459 e. The molecule has 4 aromatic rings. The number of fused-ring (bicyclic) bond motifs is 1. The molecule has 0 unspecified atom stereocenters. The number of anilines is 1. The third-order valence-electron chi connectivity index (χ3n) is 4.12. The number of aromatic nitrogens is 4. The molecule has 28 heavy (non-hydrogen) atoms. The Morgan fingerprint density at radius 1 is 1.11 bits per heavy atom. The van der Waals surface area contributed by atoms with Crippen LogP contribution in [0.5, 0.6) is 0 Å². The maximum absolute atomic E-state index is 12.8. The van der Waals surface area contributed by atoms with Crippen molar-refractivity contribution in [3.8, 4) is 11.4 Å². The lowest BCUT2D eigenvalue weighted by Crippen LogP contribution is -2.05. The van der Waals surface area contributed by atoms with Crippen LogP contribution in [0.2, 0.25) is 5.28 Å². The van der Waals surface area contributed by atoms with E-state index in [9.17, 15) is 13.2 Å². The Hall–Kier alpha value is -3.07. The van der Waals surface area contributed by atoms with Crippen molar-refractivity contribution in [2.24, 2.45) is 7.05 Å². The molecule has 3 aromatic heterocycles. The highest BCUT2D eigenvalue weighted by molar-refractivity contribution is 6.28. The van der Waals surface area contributed by atoms with Gasteiger partial charge in [0, 0.05) is 31.4 Å². The van der Waals surface area contributed by atoms with Crippen LogP contribution in [0.15, 0.2) is 47.2 Å². The van der Waals surface area contributed by atoms with Gasteiger partial charge in [-0.3, -0.25) is 0 Å². The summed E-state index contributed by atoms with van der Waals surface area (Å²) in [6.45, 7) is 0.414. The first-order valence-electron chi connectivity index (χ1n) is 8.16. The van der Waals surface area contributed by atoms with Crippen LogP contribution in [-0.2, 0) is 19.8 Å². The number of imidazole rings is 1. The van der Waals surface area contributed by atoms with Gasteiger partial charge in [-0.15, -0.1) is 0 Å². The van der Waals surface area contributed by atoms with E-state index in [1.165, 1.54) is 17.9 Å². The van der Waals surface area contributed by atoms with E-state index in [2.05, 4.69) is 20.3 Å². The van der Waals surface area contributed by atoms with Crippen LogP contribution in [0, 0.1) is 0 Å². The molecule has 0 aliphatic carbocycles. The summed E-state index contributed by atoms with van der Waals surface area (Å²) in [6, 6.07) is 8.72. The summed E-state index contributed by atoms with van der Waals surface area (Å²) >= 11 is 5.91. The van der Waals surface area contributed by atoms with Gasteiger partial charge in [-0.05, 0) is 17.2 Å². The van der Waals surface area contributed by atoms with E-state index >= 15 is 0 Å². The van der Waals surface area contributed by atoms with Crippen LogP contribution in [0.4, 0.5) is 19.0 Å². The van der Waals surface area contributed by atoms with Crippen molar-refractivity contribution in [2.45, 2.75) is 12.7 Å². The number of furan rings is 1. The van der Waals surface area contributed by atoms with Gasteiger partial charge in [0.2, 0.25) is 5.28 Å². The highest BCUT2D eigenvalue weighted by Gasteiger charge is 2.34. The molecule has 0 saturated heterocycles. The van der Waals surface area contributed by atoms with Crippen LogP contribution >= 0.6 is 11.6 Å². The highest BCUT2D eigenvalue weighted by Crippen LogP contribution is 2.30. The van der Waals surface area contributed by atoms with E-state index in [1.54, 1.807) is 30.3 Å². The van der Waals surface area contributed by atoms with Gasteiger partial charge in [-0.2, -0.15) is 18.2 Å². The van der Waals surface area contributed by atoms with Crippen LogP contribution in [0.25, 0.3) is 22.5 Å². The van der Waals surface area contributed by atoms with E-state index in [0.717, 1.165) is 11.8 Å². The zero-order chi connectivity index (χ0) is 19.9. The second-order valence-electron chi connectivity index (χ2n) is 6.09. The molecule has 0 saturated carbocycles. The Kier molecular flexibility index (Phi) is 4.46. The van der Waals surface area contributed by atoms with E-state index in [1.807, 2.05) is 0 Å². The summed E-state index contributed by atoms with van der Waals surface area (Å²) in [6.07, 6.45) is -2.01. The minimum absolute atomic E-state index is 0.0991. The van der Waals surface area contributed by atoms with Gasteiger partial charge in [-0.25, -0.2) is 9.97 Å². The van der Waals surface area contributed by atoms with Crippen LogP contribution in [0.3, 0.4) is 0 Å². The zero-order valence-corrected chi connectivity index (χ0v) is 15.2. The smallest absolute Gasteiger partial charge is 0.434 e. The van der Waals surface area contributed by atoms with Gasteiger partial charge in [0.25, 0.3) is 0 Å². The van der Waals surface area contributed by atoms with Gasteiger partial charge in [0.15, 0.2) is 17.1 Å². The predicted octanol–water partition coefficient (Wildman–Crippen LogP) is 4.91. The number of rotatable bonds is 4. The molecule has 6 nitrogen and oxygen atoms in total. The Bertz CT molecular complexity index is 1130. The average molecular weight is 408 g/mol. The summed E-state index contributed by atoms with van der Waals surface area (Å²) in [4.78, 5) is 11.9. The normalized spacial score (nSPS) is 11.9. The van der Waals surface area contributed by atoms with Gasteiger partial charge in [-0.1, -0.05) is 24.3 Å². The monoisotopic (exact) mass is 407 g/mol. The van der Waals surface area contributed by atoms with E-state index in [-0.39, 0.29) is 11.1 Å². The molecule has 10 heteroatoms. The number of alkyl halides is 3. The lowest BCUT2D eigenvalue weighted by molar-refractivity contribution is -0.140. The molecule has 0 bridgehead atoms. The number of hydrogen-bond acceptors (Lipinski definition) is 5. The fraction of sp³-hybridized carbons (Fsp3) is 0.167. The topological polar surface area (TPSA) is 68.8 Å². The molecule has 0 aliphatic rings. The zero-order valence-electron chi connectivity index (χ0n) is 14.5. The van der Waals surface area contributed by atoms with Gasteiger partial charge in [0.05, 0.1) is 6.26 Å². The highest BCUT2D eigenvalue weighted by atomic mass is 35.5. The SMILES string of the molecule is Cn1cc(C(F)(F)F)nc1-c1ccc(CNc2nc(Cl)nc3ccoc23)cc1. The molecule has 3 heterocycles. The van der Waals surface area contributed by atoms with Gasteiger partial charge in [0.1, 0.15) is 11.3 Å². The van der Waals surface area contributed by atoms with Gasteiger partial charge >= 0.3 is 6.18 Å². The first-order valence-corrected chi connectivity index (χ1v) is 8.53. The Morgan fingerprint density at radius 3 is 2.54 bits per heavy atom. The number of benzene rings is 1. The van der Waals surface area contributed by atoms with Crippen molar-refractivity contribution >= 4 is 28.5 Å². The maximum Gasteiger partial charge on any atom is 0.434 e. The van der Waals surface area contributed by atoms with E-state index in [4.69, 9.17) is 16.0 Å². The molecule has 144 valence electrons. The summed E-state index contributed by atoms with van der Waals surface area (Å²) < 4.78 is 45.2. The van der Waals surface area contributed by atoms with Crippen molar-refractivity contribution in [3.63, 3.8) is 0 Å². The third kappa shape index (κ3) is 3.53. The number of hydrogen-bond donors (Lipinski definition) is 1. The molecule has 0 radical (unpaired) electrons. The van der Waals surface area contributed by atoms with Crippen molar-refractivity contribution < 1.29 is 17.6 Å². The van der Waals surface area contributed by atoms with Crippen molar-refractivity contribution in [2.75, 3.05) is 5.32 Å². The lowest BCUT2D eigenvalue weighted by atomic mass is 10.1. The summed E-state index contributed by atoms with van der Waals surface area (Å²) in [5, 5.41) is 3.23. The Morgan fingerprint density at radius 2 is 1.86 bits per heavy atom. The third-order valence-corrected chi connectivity index (χ3v) is 4.28. The molecule has 0 aliphatic heterocycles. The van der Waals surface area contributed by atoms with Crippen LogP contribution in [-0.4, -0.2) is 19.5 Å². The van der Waals surface area contributed by atoms with Crippen LogP contribution < -0.4 is 5.32 Å².